The number of nitrogens with one attached hydrogen (secondary N) is 1. The second kappa shape index (κ2) is 6.46. The summed E-state index contributed by atoms with van der Waals surface area (Å²) >= 11 is 1.35. The minimum absolute atomic E-state index is 0.360. The molecule has 0 fully saturated rings. The third-order valence-electron chi connectivity index (χ3n) is 3.99. The van der Waals surface area contributed by atoms with Gasteiger partial charge in [-0.05, 0) is 35.0 Å². The molecule has 26 heavy (non-hydrogen) atoms. The van der Waals surface area contributed by atoms with Gasteiger partial charge in [-0.2, -0.15) is 13.2 Å². The molecule has 0 atom stereocenters. The van der Waals surface area contributed by atoms with Gasteiger partial charge in [-0.15, -0.1) is 11.3 Å². The number of benzene rings is 3. The quantitative estimate of drug-likeness (QED) is 0.433. The molecular formula is C20H13F3N2S. The van der Waals surface area contributed by atoms with Crippen molar-refractivity contribution in [3.63, 3.8) is 0 Å². The Morgan fingerprint density at radius 1 is 0.846 bits per heavy atom. The van der Waals surface area contributed by atoms with Gasteiger partial charge in [0, 0.05) is 16.6 Å². The van der Waals surface area contributed by atoms with Crippen LogP contribution in [0.15, 0.2) is 72.1 Å². The predicted molar refractivity (Wildman–Crippen MR) is 99.8 cm³/mol. The summed E-state index contributed by atoms with van der Waals surface area (Å²) in [5, 5.41) is 7.65. The second-order valence-corrected chi connectivity index (χ2v) is 6.66. The van der Waals surface area contributed by atoms with Crippen molar-refractivity contribution in [3.05, 3.63) is 77.7 Å². The van der Waals surface area contributed by atoms with Crippen LogP contribution in [0.1, 0.15) is 5.56 Å². The molecule has 0 unspecified atom stereocenters. The van der Waals surface area contributed by atoms with Crippen molar-refractivity contribution in [1.82, 2.24) is 4.98 Å². The molecule has 1 heterocycles. The highest BCUT2D eigenvalue weighted by molar-refractivity contribution is 7.14. The highest BCUT2D eigenvalue weighted by Crippen LogP contribution is 2.33. The van der Waals surface area contributed by atoms with E-state index in [1.807, 2.05) is 41.8 Å². The Bertz CT molecular complexity index is 1070. The van der Waals surface area contributed by atoms with Gasteiger partial charge in [0.15, 0.2) is 5.13 Å². The van der Waals surface area contributed by atoms with Gasteiger partial charge in [0.25, 0.3) is 0 Å². The lowest BCUT2D eigenvalue weighted by Crippen LogP contribution is -2.05. The Labute approximate surface area is 151 Å². The zero-order valence-electron chi connectivity index (χ0n) is 13.4. The van der Waals surface area contributed by atoms with Crippen LogP contribution in [0.4, 0.5) is 24.0 Å². The molecule has 4 aromatic rings. The van der Waals surface area contributed by atoms with E-state index >= 15 is 0 Å². The van der Waals surface area contributed by atoms with Crippen molar-refractivity contribution in [2.24, 2.45) is 0 Å². The Kier molecular flexibility index (Phi) is 4.12. The minimum Gasteiger partial charge on any atom is -0.332 e. The monoisotopic (exact) mass is 370 g/mol. The van der Waals surface area contributed by atoms with Gasteiger partial charge in [-0.25, -0.2) is 4.98 Å². The topological polar surface area (TPSA) is 24.9 Å². The zero-order chi connectivity index (χ0) is 18.1. The summed E-state index contributed by atoms with van der Waals surface area (Å²) in [5.41, 5.74) is 1.43. The van der Waals surface area contributed by atoms with Crippen molar-refractivity contribution in [2.75, 3.05) is 5.32 Å². The molecule has 0 bridgehead atoms. The molecule has 3 aromatic carbocycles. The van der Waals surface area contributed by atoms with Crippen molar-refractivity contribution >= 4 is 32.9 Å². The number of halogens is 3. The van der Waals surface area contributed by atoms with Crippen LogP contribution in [-0.2, 0) is 6.18 Å². The molecule has 0 saturated heterocycles. The molecule has 6 heteroatoms. The van der Waals surface area contributed by atoms with Crippen molar-refractivity contribution in [1.29, 1.82) is 0 Å². The largest absolute Gasteiger partial charge is 0.416 e. The third kappa shape index (κ3) is 3.41. The average Bonchev–Trinajstić information content (AvgIpc) is 3.09. The molecule has 0 spiro atoms. The Morgan fingerprint density at radius 3 is 2.46 bits per heavy atom. The molecule has 0 radical (unpaired) electrons. The first-order chi connectivity index (χ1) is 12.5. The maximum Gasteiger partial charge on any atom is 0.416 e. The molecule has 1 N–H and O–H groups in total. The first-order valence-electron chi connectivity index (χ1n) is 7.88. The normalized spacial score (nSPS) is 11.7. The van der Waals surface area contributed by atoms with Crippen LogP contribution >= 0.6 is 11.3 Å². The SMILES string of the molecule is FC(F)(F)c1cccc(Nc2nc(-c3ccc4ccccc4c3)cs2)c1. The number of hydrogen-bond acceptors (Lipinski definition) is 3. The van der Waals surface area contributed by atoms with E-state index < -0.39 is 11.7 Å². The molecule has 0 aliphatic rings. The van der Waals surface area contributed by atoms with E-state index in [4.69, 9.17) is 0 Å². The number of thiazole rings is 1. The number of alkyl halides is 3. The fraction of sp³-hybridized carbons (Fsp3) is 0.0500. The van der Waals surface area contributed by atoms with Gasteiger partial charge >= 0.3 is 6.18 Å². The van der Waals surface area contributed by atoms with Gasteiger partial charge in [-0.3, -0.25) is 0 Å². The number of fused-ring (bicyclic) bond motifs is 1. The standard InChI is InChI=1S/C20H13F3N2S/c21-20(22,23)16-6-3-7-17(11-16)24-19-25-18(12-26-19)15-9-8-13-4-1-2-5-14(13)10-15/h1-12H,(H,24,25). The van der Waals surface area contributed by atoms with Gasteiger partial charge in [0.1, 0.15) is 0 Å². The summed E-state index contributed by atoms with van der Waals surface area (Å²) in [6, 6.07) is 19.2. The van der Waals surface area contributed by atoms with Gasteiger partial charge < -0.3 is 5.32 Å². The lowest BCUT2D eigenvalue weighted by atomic mass is 10.1. The molecule has 0 saturated carbocycles. The molecule has 0 aliphatic carbocycles. The minimum atomic E-state index is -4.36. The zero-order valence-corrected chi connectivity index (χ0v) is 14.2. The number of nitrogens with zero attached hydrogens (tertiary/aromatic N) is 1. The number of hydrogen-bond donors (Lipinski definition) is 1. The van der Waals surface area contributed by atoms with Crippen molar-refractivity contribution < 1.29 is 13.2 Å². The maximum atomic E-state index is 12.8. The Balaban J connectivity index is 1.60. The van der Waals surface area contributed by atoms with Gasteiger partial charge in [-0.1, -0.05) is 42.5 Å². The van der Waals surface area contributed by atoms with Crippen molar-refractivity contribution in [3.8, 4) is 11.3 Å². The van der Waals surface area contributed by atoms with Crippen LogP contribution < -0.4 is 5.32 Å². The summed E-state index contributed by atoms with van der Waals surface area (Å²) in [6.07, 6.45) is -4.36. The lowest BCUT2D eigenvalue weighted by Gasteiger charge is -2.09. The van der Waals surface area contributed by atoms with Gasteiger partial charge in [0.05, 0.1) is 11.3 Å². The van der Waals surface area contributed by atoms with E-state index in [2.05, 4.69) is 16.4 Å². The van der Waals surface area contributed by atoms with Crippen LogP contribution in [0.2, 0.25) is 0 Å². The molecule has 0 amide bonds. The highest BCUT2D eigenvalue weighted by Gasteiger charge is 2.30. The first-order valence-corrected chi connectivity index (χ1v) is 8.76. The van der Waals surface area contributed by atoms with Crippen LogP contribution in [0.25, 0.3) is 22.0 Å². The van der Waals surface area contributed by atoms with Crippen LogP contribution in [-0.4, -0.2) is 4.98 Å². The van der Waals surface area contributed by atoms with Gasteiger partial charge in [0.2, 0.25) is 0 Å². The smallest absolute Gasteiger partial charge is 0.332 e. The van der Waals surface area contributed by atoms with E-state index in [0.717, 1.165) is 34.2 Å². The van der Waals surface area contributed by atoms with E-state index in [0.29, 0.717) is 10.8 Å². The Hall–Kier alpha value is -2.86. The van der Waals surface area contributed by atoms with E-state index in [1.165, 1.54) is 17.4 Å². The first kappa shape index (κ1) is 16.6. The maximum absolute atomic E-state index is 12.8. The lowest BCUT2D eigenvalue weighted by molar-refractivity contribution is -0.137. The summed E-state index contributed by atoms with van der Waals surface area (Å²) in [6.45, 7) is 0. The fourth-order valence-electron chi connectivity index (χ4n) is 2.71. The molecule has 0 aliphatic heterocycles. The number of aromatic nitrogens is 1. The van der Waals surface area contributed by atoms with Crippen LogP contribution in [0.3, 0.4) is 0 Å². The molecule has 1 aromatic heterocycles. The summed E-state index contributed by atoms with van der Waals surface area (Å²) in [5.74, 6) is 0. The fourth-order valence-corrected chi connectivity index (χ4v) is 3.45. The average molecular weight is 370 g/mol. The molecule has 130 valence electrons. The molecular weight excluding hydrogens is 357 g/mol. The second-order valence-electron chi connectivity index (χ2n) is 5.80. The summed E-state index contributed by atoms with van der Waals surface area (Å²) in [4.78, 5) is 4.50. The van der Waals surface area contributed by atoms with E-state index in [9.17, 15) is 13.2 Å². The van der Waals surface area contributed by atoms with E-state index in [1.54, 1.807) is 6.07 Å². The molecule has 4 rings (SSSR count). The van der Waals surface area contributed by atoms with Crippen LogP contribution in [0, 0.1) is 0 Å². The summed E-state index contributed by atoms with van der Waals surface area (Å²) in [7, 11) is 0. The molecule has 2 nitrogen and oxygen atoms in total. The van der Waals surface area contributed by atoms with E-state index in [-0.39, 0.29) is 0 Å². The van der Waals surface area contributed by atoms with Crippen molar-refractivity contribution in [2.45, 2.75) is 6.18 Å². The van der Waals surface area contributed by atoms with Crippen LogP contribution in [0.5, 0.6) is 0 Å². The Morgan fingerprint density at radius 2 is 1.65 bits per heavy atom. The number of anilines is 2. The predicted octanol–water partition coefficient (Wildman–Crippen LogP) is 6.73. The third-order valence-corrected chi connectivity index (χ3v) is 4.75. The highest BCUT2D eigenvalue weighted by atomic mass is 32.1. The summed E-state index contributed by atoms with van der Waals surface area (Å²) < 4.78 is 38.5. The number of rotatable bonds is 3.